The van der Waals surface area contributed by atoms with Gasteiger partial charge in [0.2, 0.25) is 5.91 Å². The molecule has 1 aliphatic heterocycles. The van der Waals surface area contributed by atoms with Crippen LogP contribution >= 0.6 is 0 Å². The topological polar surface area (TPSA) is 75.4 Å². The van der Waals surface area contributed by atoms with Crippen molar-refractivity contribution >= 4 is 17.5 Å². The van der Waals surface area contributed by atoms with Crippen molar-refractivity contribution < 1.29 is 9.59 Å². The summed E-state index contributed by atoms with van der Waals surface area (Å²) in [6, 6.07) is 7.46. The van der Waals surface area contributed by atoms with Gasteiger partial charge in [0.15, 0.2) is 0 Å². The van der Waals surface area contributed by atoms with Gasteiger partial charge in [-0.2, -0.15) is 0 Å². The number of benzene rings is 1. The summed E-state index contributed by atoms with van der Waals surface area (Å²) < 4.78 is 0. The molecule has 1 saturated heterocycles. The van der Waals surface area contributed by atoms with Gasteiger partial charge in [-0.3, -0.25) is 9.59 Å². The van der Waals surface area contributed by atoms with Crippen LogP contribution in [0, 0.1) is 17.8 Å². The van der Waals surface area contributed by atoms with Gasteiger partial charge in [0, 0.05) is 25.0 Å². The minimum absolute atomic E-state index is 0.0132. The monoisotopic (exact) mass is 357 g/mol. The summed E-state index contributed by atoms with van der Waals surface area (Å²) in [7, 11) is 0. The maximum Gasteiger partial charge on any atom is 0.255 e. The summed E-state index contributed by atoms with van der Waals surface area (Å²) in [6.07, 6.45) is 4.73. The maximum absolute atomic E-state index is 13.1. The molecule has 0 spiro atoms. The third-order valence-electron chi connectivity index (χ3n) is 5.66. The molecular weight excluding hydrogens is 326 g/mol. The highest BCUT2D eigenvalue weighted by Crippen LogP contribution is 2.27. The first-order chi connectivity index (χ1) is 12.4. The quantitative estimate of drug-likeness (QED) is 0.872. The van der Waals surface area contributed by atoms with Crippen LogP contribution in [-0.4, -0.2) is 35.8 Å². The molecule has 26 heavy (non-hydrogen) atoms. The second-order valence-electron chi connectivity index (χ2n) is 8.31. The van der Waals surface area contributed by atoms with Gasteiger partial charge in [0.05, 0.1) is 11.3 Å². The normalized spacial score (nSPS) is 29.3. The zero-order valence-corrected chi connectivity index (χ0v) is 15.9. The van der Waals surface area contributed by atoms with Crippen LogP contribution in [0.25, 0.3) is 0 Å². The van der Waals surface area contributed by atoms with E-state index in [0.717, 1.165) is 45.2 Å². The number of amides is 2. The van der Waals surface area contributed by atoms with Crippen molar-refractivity contribution in [2.45, 2.75) is 52.0 Å². The van der Waals surface area contributed by atoms with Crippen molar-refractivity contribution in [1.82, 2.24) is 4.90 Å². The minimum Gasteiger partial charge on any atom is -0.338 e. The van der Waals surface area contributed by atoms with Crippen LogP contribution in [-0.2, 0) is 4.79 Å². The lowest BCUT2D eigenvalue weighted by molar-refractivity contribution is -0.120. The third-order valence-corrected chi connectivity index (χ3v) is 5.66. The van der Waals surface area contributed by atoms with Crippen molar-refractivity contribution in [3.05, 3.63) is 29.8 Å². The molecule has 1 aliphatic carbocycles. The molecule has 1 saturated carbocycles. The second-order valence-corrected chi connectivity index (χ2v) is 8.31. The summed E-state index contributed by atoms with van der Waals surface area (Å²) in [6.45, 7) is 5.94. The van der Waals surface area contributed by atoms with Gasteiger partial charge in [0.1, 0.15) is 0 Å². The van der Waals surface area contributed by atoms with Crippen molar-refractivity contribution in [3.63, 3.8) is 0 Å². The number of nitrogens with two attached hydrogens (primary N) is 1. The van der Waals surface area contributed by atoms with Crippen molar-refractivity contribution in [2.24, 2.45) is 23.5 Å². The smallest absolute Gasteiger partial charge is 0.255 e. The molecule has 2 fully saturated rings. The van der Waals surface area contributed by atoms with Crippen LogP contribution in [0.15, 0.2) is 24.3 Å². The summed E-state index contributed by atoms with van der Waals surface area (Å²) in [5.41, 5.74) is 7.22. The largest absolute Gasteiger partial charge is 0.338 e. The van der Waals surface area contributed by atoms with E-state index in [9.17, 15) is 9.59 Å². The minimum atomic E-state index is -0.0584. The Kier molecular flexibility index (Phi) is 5.97. The highest BCUT2D eigenvalue weighted by molar-refractivity contribution is 6.04. The van der Waals surface area contributed by atoms with Gasteiger partial charge >= 0.3 is 0 Å². The summed E-state index contributed by atoms with van der Waals surface area (Å²) in [5.74, 6) is 0.957. The number of para-hydroxylation sites is 1. The molecule has 3 rings (SSSR count). The van der Waals surface area contributed by atoms with E-state index in [1.165, 1.54) is 0 Å². The molecule has 0 radical (unpaired) electrons. The Morgan fingerprint density at radius 2 is 1.77 bits per heavy atom. The van der Waals surface area contributed by atoms with Crippen molar-refractivity contribution in [2.75, 3.05) is 18.4 Å². The van der Waals surface area contributed by atoms with Gasteiger partial charge < -0.3 is 16.0 Å². The van der Waals surface area contributed by atoms with Gasteiger partial charge in [-0.1, -0.05) is 32.4 Å². The SMILES string of the molecule is CC1CC(C)CN(C(=O)c2ccccc2NC(=O)C2CCCC(N)C2)C1. The van der Waals surface area contributed by atoms with Crippen LogP contribution in [0.3, 0.4) is 0 Å². The molecular formula is C21H31N3O2. The van der Waals surface area contributed by atoms with Crippen LogP contribution < -0.4 is 11.1 Å². The Morgan fingerprint density at radius 1 is 1.08 bits per heavy atom. The van der Waals surface area contributed by atoms with Crippen LogP contribution in [0.1, 0.15) is 56.3 Å². The molecule has 3 N–H and O–H groups in total. The summed E-state index contributed by atoms with van der Waals surface area (Å²) in [5, 5.41) is 3.00. The molecule has 0 bridgehead atoms. The fourth-order valence-electron chi connectivity index (χ4n) is 4.48. The van der Waals surface area contributed by atoms with E-state index in [2.05, 4.69) is 19.2 Å². The number of nitrogens with zero attached hydrogens (tertiary/aromatic N) is 1. The van der Waals surface area contributed by atoms with E-state index in [1.807, 2.05) is 29.2 Å². The highest BCUT2D eigenvalue weighted by atomic mass is 16.2. The number of carbonyl (C=O) groups is 2. The zero-order valence-electron chi connectivity index (χ0n) is 15.9. The zero-order chi connectivity index (χ0) is 18.7. The molecule has 5 nitrogen and oxygen atoms in total. The number of hydrogen-bond donors (Lipinski definition) is 2. The Labute approximate surface area is 156 Å². The molecule has 5 heteroatoms. The number of likely N-dealkylation sites (tertiary alicyclic amines) is 1. The molecule has 142 valence electrons. The number of rotatable bonds is 3. The van der Waals surface area contributed by atoms with Crippen LogP contribution in [0.2, 0.25) is 0 Å². The molecule has 1 aromatic carbocycles. The van der Waals surface area contributed by atoms with Crippen molar-refractivity contribution in [1.29, 1.82) is 0 Å². The molecule has 0 aromatic heterocycles. The van der Waals surface area contributed by atoms with Crippen LogP contribution in [0.4, 0.5) is 5.69 Å². The average Bonchev–Trinajstić information content (AvgIpc) is 2.61. The molecule has 2 amide bonds. The Balaban J connectivity index is 1.73. The third kappa shape index (κ3) is 4.44. The van der Waals surface area contributed by atoms with Gasteiger partial charge in [-0.05, 0) is 49.7 Å². The fraction of sp³-hybridized carbons (Fsp3) is 0.619. The number of hydrogen-bond acceptors (Lipinski definition) is 3. The number of carbonyl (C=O) groups excluding carboxylic acids is 2. The van der Waals surface area contributed by atoms with E-state index in [-0.39, 0.29) is 23.8 Å². The van der Waals surface area contributed by atoms with Gasteiger partial charge in [0.25, 0.3) is 5.91 Å². The molecule has 1 heterocycles. The van der Waals surface area contributed by atoms with E-state index in [4.69, 9.17) is 5.73 Å². The van der Waals surface area contributed by atoms with Crippen molar-refractivity contribution in [3.8, 4) is 0 Å². The average molecular weight is 357 g/mol. The first-order valence-corrected chi connectivity index (χ1v) is 9.88. The number of piperidine rings is 1. The summed E-state index contributed by atoms with van der Waals surface area (Å²) >= 11 is 0. The predicted octanol–water partition coefficient (Wildman–Crippen LogP) is 3.26. The fourth-order valence-corrected chi connectivity index (χ4v) is 4.48. The van der Waals surface area contributed by atoms with Crippen LogP contribution in [0.5, 0.6) is 0 Å². The Morgan fingerprint density at radius 3 is 2.46 bits per heavy atom. The standard InChI is InChI=1S/C21H31N3O2/c1-14-10-15(2)13-24(12-14)21(26)18-8-3-4-9-19(18)23-20(25)16-6-5-7-17(22)11-16/h3-4,8-9,14-17H,5-7,10-13,22H2,1-2H3,(H,23,25). The molecule has 4 atom stereocenters. The number of nitrogens with one attached hydrogen (secondary N) is 1. The Bertz CT molecular complexity index is 650. The lowest BCUT2D eigenvalue weighted by Gasteiger charge is -2.35. The highest BCUT2D eigenvalue weighted by Gasteiger charge is 2.29. The van der Waals surface area contributed by atoms with E-state index in [0.29, 0.717) is 23.1 Å². The maximum atomic E-state index is 13.1. The lowest BCUT2D eigenvalue weighted by Crippen LogP contribution is -2.43. The lowest BCUT2D eigenvalue weighted by atomic mass is 9.85. The molecule has 4 unspecified atom stereocenters. The van der Waals surface area contributed by atoms with Gasteiger partial charge in [-0.25, -0.2) is 0 Å². The second kappa shape index (κ2) is 8.21. The van der Waals surface area contributed by atoms with E-state index >= 15 is 0 Å². The molecule has 2 aliphatic rings. The summed E-state index contributed by atoms with van der Waals surface area (Å²) in [4.78, 5) is 27.7. The predicted molar refractivity (Wildman–Crippen MR) is 104 cm³/mol. The van der Waals surface area contributed by atoms with E-state index in [1.54, 1.807) is 0 Å². The van der Waals surface area contributed by atoms with Gasteiger partial charge in [-0.15, -0.1) is 0 Å². The first-order valence-electron chi connectivity index (χ1n) is 9.88. The first kappa shape index (κ1) is 18.9. The Hall–Kier alpha value is -1.88. The van der Waals surface area contributed by atoms with E-state index < -0.39 is 0 Å². The number of anilines is 1. The molecule has 1 aromatic rings.